The maximum Gasteiger partial charge on any atom is 0.273 e. The second-order valence-electron chi connectivity index (χ2n) is 5.48. The summed E-state index contributed by atoms with van der Waals surface area (Å²) < 4.78 is 4.89. The molecule has 1 aliphatic heterocycles. The summed E-state index contributed by atoms with van der Waals surface area (Å²) in [6, 6.07) is 3.58. The Labute approximate surface area is 128 Å². The van der Waals surface area contributed by atoms with E-state index in [-0.39, 0.29) is 18.1 Å². The first-order valence-electron chi connectivity index (χ1n) is 7.43. The quantitative estimate of drug-likeness (QED) is 0.923. The maximum atomic E-state index is 12.0. The Kier molecular flexibility index (Phi) is 4.04. The number of nitrogens with one attached hydrogen (secondary N) is 1. The molecule has 3 rings (SSSR count). The second-order valence-corrected chi connectivity index (χ2v) is 5.48. The van der Waals surface area contributed by atoms with E-state index in [1.54, 1.807) is 13.0 Å². The molecule has 3 heterocycles. The molecule has 0 atom stereocenters. The van der Waals surface area contributed by atoms with Crippen LogP contribution in [0.2, 0.25) is 0 Å². The minimum atomic E-state index is -0.287. The average Bonchev–Trinajstić information content (AvgIpc) is 3.15. The number of aryl methyl sites for hydroxylation is 2. The molecular weight excluding hydrogens is 282 g/mol. The van der Waals surface area contributed by atoms with Crippen LogP contribution in [-0.2, 0) is 6.54 Å². The normalized spacial score (nSPS) is 14.4. The third kappa shape index (κ3) is 3.24. The molecule has 7 nitrogen and oxygen atoms in total. The van der Waals surface area contributed by atoms with Crippen molar-refractivity contribution in [3.63, 3.8) is 0 Å². The molecule has 116 valence electrons. The molecule has 0 aliphatic carbocycles. The number of aromatic nitrogens is 3. The van der Waals surface area contributed by atoms with Gasteiger partial charge in [-0.05, 0) is 26.7 Å². The monoisotopic (exact) mass is 301 g/mol. The fraction of sp³-hybridized carbons (Fsp3) is 0.467. The van der Waals surface area contributed by atoms with Gasteiger partial charge < -0.3 is 14.7 Å². The van der Waals surface area contributed by atoms with Gasteiger partial charge in [-0.15, -0.1) is 0 Å². The van der Waals surface area contributed by atoms with Gasteiger partial charge in [0.15, 0.2) is 5.69 Å². The molecule has 1 N–H and O–H groups in total. The zero-order chi connectivity index (χ0) is 15.5. The van der Waals surface area contributed by atoms with Gasteiger partial charge in [-0.25, -0.2) is 9.97 Å². The topological polar surface area (TPSA) is 84.2 Å². The molecule has 2 aromatic heterocycles. The van der Waals surface area contributed by atoms with Crippen molar-refractivity contribution in [2.45, 2.75) is 33.2 Å². The molecule has 0 spiro atoms. The van der Waals surface area contributed by atoms with E-state index in [4.69, 9.17) is 4.52 Å². The summed E-state index contributed by atoms with van der Waals surface area (Å²) in [6.07, 6.45) is 2.39. The average molecular weight is 301 g/mol. The van der Waals surface area contributed by atoms with Gasteiger partial charge in [0, 0.05) is 30.9 Å². The maximum absolute atomic E-state index is 12.0. The lowest BCUT2D eigenvalue weighted by atomic mass is 10.3. The highest BCUT2D eigenvalue weighted by Gasteiger charge is 2.16. The van der Waals surface area contributed by atoms with Crippen LogP contribution in [0.1, 0.15) is 40.6 Å². The third-order valence-electron chi connectivity index (χ3n) is 3.58. The van der Waals surface area contributed by atoms with Gasteiger partial charge in [0.2, 0.25) is 0 Å². The van der Waals surface area contributed by atoms with Crippen molar-refractivity contribution in [3.05, 3.63) is 35.1 Å². The summed E-state index contributed by atoms with van der Waals surface area (Å²) in [5.41, 5.74) is 1.17. The van der Waals surface area contributed by atoms with Crippen LogP contribution >= 0.6 is 0 Å². The smallest absolute Gasteiger partial charge is 0.273 e. The van der Waals surface area contributed by atoms with E-state index < -0.39 is 0 Å². The van der Waals surface area contributed by atoms with Crippen molar-refractivity contribution in [1.82, 2.24) is 20.4 Å². The molecule has 1 aliphatic rings. The van der Waals surface area contributed by atoms with Crippen LogP contribution in [-0.4, -0.2) is 34.1 Å². The number of nitrogens with zero attached hydrogens (tertiary/aromatic N) is 4. The van der Waals surface area contributed by atoms with Gasteiger partial charge >= 0.3 is 0 Å². The lowest BCUT2D eigenvalue weighted by Crippen LogP contribution is -2.25. The number of carbonyl (C=O) groups is 1. The SMILES string of the molecule is Cc1cc(N2CCCC2)nc(CNC(=O)c2cc(C)on2)n1. The standard InChI is InChI=1S/C15H19N5O2/c1-10-7-14(20-5-3-4-6-20)18-13(17-10)9-16-15(21)12-8-11(2)22-19-12/h7-8H,3-6,9H2,1-2H3,(H,16,21). The van der Waals surface area contributed by atoms with Crippen LogP contribution in [0, 0.1) is 13.8 Å². The van der Waals surface area contributed by atoms with Gasteiger partial charge in [-0.3, -0.25) is 4.79 Å². The van der Waals surface area contributed by atoms with Gasteiger partial charge in [-0.2, -0.15) is 0 Å². The van der Waals surface area contributed by atoms with Crippen LogP contribution in [0.5, 0.6) is 0 Å². The van der Waals surface area contributed by atoms with E-state index >= 15 is 0 Å². The number of rotatable bonds is 4. The molecule has 0 unspecified atom stereocenters. The molecule has 0 radical (unpaired) electrons. The van der Waals surface area contributed by atoms with E-state index in [1.165, 1.54) is 12.8 Å². The zero-order valence-electron chi connectivity index (χ0n) is 12.8. The molecule has 0 aromatic carbocycles. The number of hydrogen-bond acceptors (Lipinski definition) is 6. The highest BCUT2D eigenvalue weighted by atomic mass is 16.5. The van der Waals surface area contributed by atoms with Gasteiger partial charge in [0.25, 0.3) is 5.91 Å². The summed E-state index contributed by atoms with van der Waals surface area (Å²) in [5.74, 6) is 1.86. The van der Waals surface area contributed by atoms with E-state index in [0.717, 1.165) is 24.6 Å². The molecule has 1 amide bonds. The lowest BCUT2D eigenvalue weighted by molar-refractivity contribution is 0.0940. The van der Waals surface area contributed by atoms with Gasteiger partial charge in [-0.1, -0.05) is 5.16 Å². The fourth-order valence-electron chi connectivity index (χ4n) is 2.52. The summed E-state index contributed by atoms with van der Waals surface area (Å²) in [5, 5.41) is 6.46. The first-order chi connectivity index (χ1) is 10.6. The van der Waals surface area contributed by atoms with Crippen molar-refractivity contribution in [2.24, 2.45) is 0 Å². The lowest BCUT2D eigenvalue weighted by Gasteiger charge is -2.17. The minimum absolute atomic E-state index is 0.268. The predicted octanol–water partition coefficient (Wildman–Crippen LogP) is 1.61. The molecular formula is C15H19N5O2. The largest absolute Gasteiger partial charge is 0.361 e. The Balaban J connectivity index is 1.68. The van der Waals surface area contributed by atoms with Gasteiger partial charge in [0.05, 0.1) is 6.54 Å². The van der Waals surface area contributed by atoms with Crippen LogP contribution in [0.15, 0.2) is 16.7 Å². The zero-order valence-corrected chi connectivity index (χ0v) is 12.8. The summed E-state index contributed by atoms with van der Waals surface area (Å²) in [4.78, 5) is 23.1. The molecule has 22 heavy (non-hydrogen) atoms. The Morgan fingerprint density at radius 2 is 2.05 bits per heavy atom. The molecule has 0 bridgehead atoms. The predicted molar refractivity (Wildman–Crippen MR) is 80.6 cm³/mol. The Hall–Kier alpha value is -2.44. The Bertz CT molecular complexity index is 676. The van der Waals surface area contributed by atoms with E-state index in [9.17, 15) is 4.79 Å². The highest BCUT2D eigenvalue weighted by Crippen LogP contribution is 2.18. The number of anilines is 1. The van der Waals surface area contributed by atoms with Crippen molar-refractivity contribution in [3.8, 4) is 0 Å². The third-order valence-corrected chi connectivity index (χ3v) is 3.58. The van der Waals surface area contributed by atoms with Crippen LogP contribution in [0.25, 0.3) is 0 Å². The molecule has 1 fully saturated rings. The Morgan fingerprint density at radius 1 is 1.27 bits per heavy atom. The second kappa shape index (κ2) is 6.13. The highest BCUT2D eigenvalue weighted by molar-refractivity contribution is 5.92. The first-order valence-corrected chi connectivity index (χ1v) is 7.43. The summed E-state index contributed by atoms with van der Waals surface area (Å²) in [6.45, 7) is 6.01. The van der Waals surface area contributed by atoms with Crippen LogP contribution < -0.4 is 10.2 Å². The van der Waals surface area contributed by atoms with E-state index in [0.29, 0.717) is 11.6 Å². The molecule has 0 saturated carbocycles. The first kappa shape index (κ1) is 14.5. The number of hydrogen-bond donors (Lipinski definition) is 1. The Morgan fingerprint density at radius 3 is 2.73 bits per heavy atom. The van der Waals surface area contributed by atoms with Crippen molar-refractivity contribution < 1.29 is 9.32 Å². The van der Waals surface area contributed by atoms with Crippen LogP contribution in [0.3, 0.4) is 0 Å². The fourth-order valence-corrected chi connectivity index (χ4v) is 2.52. The number of carbonyl (C=O) groups excluding carboxylic acids is 1. The van der Waals surface area contributed by atoms with E-state index in [2.05, 4.69) is 25.3 Å². The van der Waals surface area contributed by atoms with Crippen molar-refractivity contribution in [2.75, 3.05) is 18.0 Å². The van der Waals surface area contributed by atoms with Crippen molar-refractivity contribution in [1.29, 1.82) is 0 Å². The minimum Gasteiger partial charge on any atom is -0.361 e. The summed E-state index contributed by atoms with van der Waals surface area (Å²) >= 11 is 0. The summed E-state index contributed by atoms with van der Waals surface area (Å²) in [7, 11) is 0. The number of amides is 1. The van der Waals surface area contributed by atoms with Crippen LogP contribution in [0.4, 0.5) is 5.82 Å². The van der Waals surface area contributed by atoms with E-state index in [1.807, 2.05) is 13.0 Å². The van der Waals surface area contributed by atoms with Gasteiger partial charge in [0.1, 0.15) is 17.4 Å². The molecule has 1 saturated heterocycles. The molecule has 2 aromatic rings. The molecule has 7 heteroatoms. The van der Waals surface area contributed by atoms with Crippen molar-refractivity contribution >= 4 is 11.7 Å².